The summed E-state index contributed by atoms with van der Waals surface area (Å²) in [6.07, 6.45) is 11.0. The van der Waals surface area contributed by atoms with Gasteiger partial charge in [-0.3, -0.25) is 0 Å². The van der Waals surface area contributed by atoms with Gasteiger partial charge in [0.25, 0.3) is 0 Å². The number of nitrogens with zero attached hydrogens (tertiary/aromatic N) is 2. The molecule has 2 rings (SSSR count). The first-order valence-corrected chi connectivity index (χ1v) is 8.17. The molecule has 1 aliphatic carbocycles. The maximum atomic E-state index is 4.56. The van der Waals surface area contributed by atoms with Gasteiger partial charge in [0.05, 0.1) is 0 Å². The van der Waals surface area contributed by atoms with Crippen molar-refractivity contribution in [1.82, 2.24) is 9.97 Å². The van der Waals surface area contributed by atoms with E-state index in [0.29, 0.717) is 6.04 Å². The van der Waals surface area contributed by atoms with E-state index in [1.165, 1.54) is 32.1 Å². The Morgan fingerprint density at radius 3 is 2.75 bits per heavy atom. The molecule has 0 bridgehead atoms. The molecule has 112 valence electrons. The molecule has 1 aromatic rings. The number of anilines is 2. The fourth-order valence-electron chi connectivity index (χ4n) is 3.04. The highest BCUT2D eigenvalue weighted by atomic mass is 15.1. The minimum absolute atomic E-state index is 0.546. The molecule has 0 amide bonds. The monoisotopic (exact) mass is 276 g/mol. The van der Waals surface area contributed by atoms with Gasteiger partial charge in [0, 0.05) is 18.8 Å². The fourth-order valence-corrected chi connectivity index (χ4v) is 3.04. The van der Waals surface area contributed by atoms with Gasteiger partial charge in [0.1, 0.15) is 5.82 Å². The van der Waals surface area contributed by atoms with Crippen molar-refractivity contribution >= 4 is 11.8 Å². The van der Waals surface area contributed by atoms with E-state index in [4.69, 9.17) is 0 Å². The molecule has 0 saturated heterocycles. The summed E-state index contributed by atoms with van der Waals surface area (Å²) in [5, 5.41) is 6.87. The maximum absolute atomic E-state index is 4.56. The Balaban J connectivity index is 1.95. The number of nitrogens with one attached hydrogen (secondary N) is 2. The maximum Gasteiger partial charge on any atom is 0.224 e. The van der Waals surface area contributed by atoms with Crippen LogP contribution in [0.2, 0.25) is 0 Å². The summed E-state index contributed by atoms with van der Waals surface area (Å²) in [6, 6.07) is 2.52. The van der Waals surface area contributed by atoms with Crippen molar-refractivity contribution in [3.05, 3.63) is 12.3 Å². The van der Waals surface area contributed by atoms with E-state index in [9.17, 15) is 0 Å². The molecule has 4 heteroatoms. The van der Waals surface area contributed by atoms with Crippen LogP contribution in [0.5, 0.6) is 0 Å². The largest absolute Gasteiger partial charge is 0.367 e. The molecule has 0 aromatic carbocycles. The summed E-state index contributed by atoms with van der Waals surface area (Å²) in [5.41, 5.74) is 0. The first-order valence-electron chi connectivity index (χ1n) is 8.17. The van der Waals surface area contributed by atoms with Crippen molar-refractivity contribution in [2.45, 2.75) is 64.8 Å². The molecule has 1 saturated carbocycles. The lowest BCUT2D eigenvalue weighted by Gasteiger charge is -2.30. The molecular weight excluding hydrogens is 248 g/mol. The number of hydrogen-bond donors (Lipinski definition) is 2. The number of hydrogen-bond acceptors (Lipinski definition) is 4. The van der Waals surface area contributed by atoms with Gasteiger partial charge >= 0.3 is 0 Å². The van der Waals surface area contributed by atoms with E-state index < -0.39 is 0 Å². The Labute approximate surface area is 122 Å². The van der Waals surface area contributed by atoms with E-state index in [-0.39, 0.29) is 0 Å². The molecule has 0 aliphatic heterocycles. The molecule has 1 atom stereocenters. The van der Waals surface area contributed by atoms with E-state index in [0.717, 1.165) is 37.1 Å². The average molecular weight is 276 g/mol. The molecule has 1 fully saturated rings. The van der Waals surface area contributed by atoms with Crippen LogP contribution in [-0.2, 0) is 0 Å². The average Bonchev–Trinajstić information content (AvgIpc) is 2.52. The zero-order valence-electron chi connectivity index (χ0n) is 12.9. The number of rotatable bonds is 7. The summed E-state index contributed by atoms with van der Waals surface area (Å²) < 4.78 is 0. The Kier molecular flexibility index (Phi) is 6.09. The van der Waals surface area contributed by atoms with Crippen LogP contribution in [0, 0.1) is 5.92 Å². The van der Waals surface area contributed by atoms with Gasteiger partial charge in [0.15, 0.2) is 0 Å². The molecule has 4 nitrogen and oxygen atoms in total. The van der Waals surface area contributed by atoms with Crippen molar-refractivity contribution in [3.63, 3.8) is 0 Å². The SMILES string of the molecule is CCCNc1nccc(NC(CC)C2CCCCC2)n1. The van der Waals surface area contributed by atoms with Gasteiger partial charge in [-0.25, -0.2) is 4.98 Å². The van der Waals surface area contributed by atoms with Crippen molar-refractivity contribution in [1.29, 1.82) is 0 Å². The van der Waals surface area contributed by atoms with Crippen LogP contribution in [0.15, 0.2) is 12.3 Å². The van der Waals surface area contributed by atoms with Gasteiger partial charge in [-0.2, -0.15) is 4.98 Å². The van der Waals surface area contributed by atoms with Crippen molar-refractivity contribution in [2.24, 2.45) is 5.92 Å². The van der Waals surface area contributed by atoms with Crippen LogP contribution >= 0.6 is 0 Å². The minimum atomic E-state index is 0.546. The topological polar surface area (TPSA) is 49.8 Å². The van der Waals surface area contributed by atoms with E-state index in [2.05, 4.69) is 34.4 Å². The summed E-state index contributed by atoms with van der Waals surface area (Å²) in [7, 11) is 0. The third-order valence-electron chi connectivity index (χ3n) is 4.18. The molecule has 0 spiro atoms. The highest BCUT2D eigenvalue weighted by molar-refractivity contribution is 5.40. The second kappa shape index (κ2) is 8.08. The normalized spacial score (nSPS) is 17.7. The Morgan fingerprint density at radius 2 is 2.05 bits per heavy atom. The lowest BCUT2D eigenvalue weighted by Crippen LogP contribution is -2.30. The zero-order valence-corrected chi connectivity index (χ0v) is 12.9. The summed E-state index contributed by atoms with van der Waals surface area (Å²) in [4.78, 5) is 8.82. The molecular formula is C16H28N4. The molecule has 1 aliphatic rings. The first kappa shape index (κ1) is 15.1. The van der Waals surface area contributed by atoms with Gasteiger partial charge in [-0.15, -0.1) is 0 Å². The smallest absolute Gasteiger partial charge is 0.224 e. The molecule has 0 radical (unpaired) electrons. The standard InChI is InChI=1S/C16H28N4/c1-3-11-17-16-18-12-10-15(20-16)19-14(4-2)13-8-6-5-7-9-13/h10,12-14H,3-9,11H2,1-2H3,(H2,17,18,19,20). The predicted octanol–water partition coefficient (Wildman–Crippen LogP) is 4.07. The fraction of sp³-hybridized carbons (Fsp3) is 0.750. The molecule has 1 heterocycles. The molecule has 20 heavy (non-hydrogen) atoms. The summed E-state index contributed by atoms with van der Waals surface area (Å²) in [5.74, 6) is 2.49. The van der Waals surface area contributed by atoms with E-state index in [1.807, 2.05) is 12.3 Å². The van der Waals surface area contributed by atoms with Crippen molar-refractivity contribution < 1.29 is 0 Å². The van der Waals surface area contributed by atoms with Gasteiger partial charge in [-0.1, -0.05) is 33.1 Å². The van der Waals surface area contributed by atoms with Crippen molar-refractivity contribution in [2.75, 3.05) is 17.2 Å². The van der Waals surface area contributed by atoms with Crippen LogP contribution in [0.3, 0.4) is 0 Å². The van der Waals surface area contributed by atoms with Crippen LogP contribution in [0.1, 0.15) is 58.8 Å². The van der Waals surface area contributed by atoms with Crippen LogP contribution in [0.4, 0.5) is 11.8 Å². The second-order valence-electron chi connectivity index (χ2n) is 5.75. The third-order valence-corrected chi connectivity index (χ3v) is 4.18. The highest BCUT2D eigenvalue weighted by Crippen LogP contribution is 2.29. The van der Waals surface area contributed by atoms with E-state index in [1.54, 1.807) is 0 Å². The van der Waals surface area contributed by atoms with Gasteiger partial charge < -0.3 is 10.6 Å². The molecule has 1 unspecified atom stereocenters. The van der Waals surface area contributed by atoms with Gasteiger partial charge in [-0.05, 0) is 37.7 Å². The van der Waals surface area contributed by atoms with Crippen molar-refractivity contribution in [3.8, 4) is 0 Å². The highest BCUT2D eigenvalue weighted by Gasteiger charge is 2.22. The van der Waals surface area contributed by atoms with Gasteiger partial charge in [0.2, 0.25) is 5.95 Å². The van der Waals surface area contributed by atoms with Crippen LogP contribution < -0.4 is 10.6 Å². The first-order chi connectivity index (χ1) is 9.83. The zero-order chi connectivity index (χ0) is 14.2. The predicted molar refractivity (Wildman–Crippen MR) is 85.1 cm³/mol. The third kappa shape index (κ3) is 4.36. The van der Waals surface area contributed by atoms with Crippen LogP contribution in [0.25, 0.3) is 0 Å². The lowest BCUT2D eigenvalue weighted by molar-refractivity contribution is 0.312. The van der Waals surface area contributed by atoms with E-state index >= 15 is 0 Å². The second-order valence-corrected chi connectivity index (χ2v) is 5.75. The summed E-state index contributed by atoms with van der Waals surface area (Å²) >= 11 is 0. The Hall–Kier alpha value is -1.32. The minimum Gasteiger partial charge on any atom is -0.367 e. The lowest BCUT2D eigenvalue weighted by atomic mass is 9.83. The Morgan fingerprint density at radius 1 is 1.25 bits per heavy atom. The molecule has 1 aromatic heterocycles. The summed E-state index contributed by atoms with van der Waals surface area (Å²) in [6.45, 7) is 5.33. The Bertz CT molecular complexity index is 388. The molecule has 2 N–H and O–H groups in total. The number of aromatic nitrogens is 2. The van der Waals surface area contributed by atoms with Crippen LogP contribution in [-0.4, -0.2) is 22.6 Å². The quantitative estimate of drug-likeness (QED) is 0.788.